The van der Waals surface area contributed by atoms with Crippen LogP contribution in [0.1, 0.15) is 30.4 Å². The summed E-state index contributed by atoms with van der Waals surface area (Å²) in [6, 6.07) is 3.64. The van der Waals surface area contributed by atoms with Crippen LogP contribution in [0.15, 0.2) is 18.2 Å². The predicted octanol–water partition coefficient (Wildman–Crippen LogP) is 2.96. The summed E-state index contributed by atoms with van der Waals surface area (Å²) in [5.74, 6) is -0.589. The number of piperidine rings is 1. The molecule has 120 valence electrons. The molecule has 22 heavy (non-hydrogen) atoms. The minimum Gasteiger partial charge on any atom is -0.333 e. The average Bonchev–Trinajstić information content (AvgIpc) is 2.42. The molecule has 1 saturated heterocycles. The Hall–Kier alpha value is -2.05. The maximum atomic E-state index is 12.8. The smallest absolute Gasteiger partial charge is 0.333 e. The number of nitrogens with zero attached hydrogens (tertiary/aromatic N) is 1. The Labute approximate surface area is 126 Å². The first-order chi connectivity index (χ1) is 10.3. The van der Waals surface area contributed by atoms with Gasteiger partial charge in [0.1, 0.15) is 0 Å². The zero-order valence-corrected chi connectivity index (χ0v) is 12.2. The predicted molar refractivity (Wildman–Crippen MR) is 75.2 cm³/mol. The van der Waals surface area contributed by atoms with E-state index in [2.05, 4.69) is 5.32 Å². The molecule has 1 aliphatic heterocycles. The van der Waals surface area contributed by atoms with Gasteiger partial charge in [-0.15, -0.1) is 0 Å². The molecule has 1 aromatic carbocycles. The van der Waals surface area contributed by atoms with E-state index < -0.39 is 17.6 Å². The van der Waals surface area contributed by atoms with Crippen molar-refractivity contribution < 1.29 is 22.8 Å². The van der Waals surface area contributed by atoms with E-state index in [4.69, 9.17) is 0 Å². The van der Waals surface area contributed by atoms with Gasteiger partial charge in [0.15, 0.2) is 0 Å². The van der Waals surface area contributed by atoms with Gasteiger partial charge in [-0.3, -0.25) is 9.59 Å². The maximum Gasteiger partial charge on any atom is 0.416 e. The van der Waals surface area contributed by atoms with Gasteiger partial charge in [0.25, 0.3) is 0 Å². The van der Waals surface area contributed by atoms with Crippen LogP contribution in [-0.2, 0) is 15.8 Å². The third-order valence-corrected chi connectivity index (χ3v) is 3.58. The summed E-state index contributed by atoms with van der Waals surface area (Å²) in [6.45, 7) is 1.74. The summed E-state index contributed by atoms with van der Waals surface area (Å²) in [4.78, 5) is 24.9. The van der Waals surface area contributed by atoms with Gasteiger partial charge >= 0.3 is 6.18 Å². The van der Waals surface area contributed by atoms with Gasteiger partial charge in [-0.25, -0.2) is 0 Å². The first-order valence-electron chi connectivity index (χ1n) is 7.03. The van der Waals surface area contributed by atoms with Crippen molar-refractivity contribution in [2.45, 2.75) is 32.4 Å². The highest BCUT2D eigenvalue weighted by molar-refractivity contribution is 5.94. The number of amides is 2. The second-order valence-electron chi connectivity index (χ2n) is 5.35. The third-order valence-electron chi connectivity index (χ3n) is 3.58. The molecule has 0 aromatic heterocycles. The van der Waals surface area contributed by atoms with Crippen molar-refractivity contribution in [3.8, 4) is 0 Å². The van der Waals surface area contributed by atoms with E-state index in [-0.39, 0.29) is 23.7 Å². The number of hydrogen-bond donors (Lipinski definition) is 1. The zero-order chi connectivity index (χ0) is 16.3. The van der Waals surface area contributed by atoms with E-state index in [1.807, 2.05) is 0 Å². The van der Waals surface area contributed by atoms with Gasteiger partial charge in [0.05, 0.1) is 12.1 Å². The quantitative estimate of drug-likeness (QED) is 0.932. The molecule has 1 heterocycles. The van der Waals surface area contributed by atoms with Crippen molar-refractivity contribution in [3.05, 3.63) is 29.3 Å². The van der Waals surface area contributed by atoms with E-state index in [9.17, 15) is 22.8 Å². The molecule has 4 nitrogen and oxygen atoms in total. The number of carbonyl (C=O) groups excluding carboxylic acids is 2. The lowest BCUT2D eigenvalue weighted by Crippen LogP contribution is -2.40. The van der Waals surface area contributed by atoms with Gasteiger partial charge in [-0.05, 0) is 37.5 Å². The molecule has 1 N–H and O–H groups in total. The largest absolute Gasteiger partial charge is 0.416 e. The van der Waals surface area contributed by atoms with Crippen molar-refractivity contribution in [1.82, 2.24) is 4.90 Å². The van der Waals surface area contributed by atoms with Crippen molar-refractivity contribution in [2.24, 2.45) is 0 Å². The van der Waals surface area contributed by atoms with Crippen LogP contribution < -0.4 is 5.32 Å². The van der Waals surface area contributed by atoms with Crippen LogP contribution in [0.3, 0.4) is 0 Å². The monoisotopic (exact) mass is 314 g/mol. The van der Waals surface area contributed by atoms with Crippen LogP contribution >= 0.6 is 0 Å². The first kappa shape index (κ1) is 16.3. The summed E-state index contributed by atoms with van der Waals surface area (Å²) in [6.07, 6.45) is -2.41. The van der Waals surface area contributed by atoms with Gasteiger partial charge in [0, 0.05) is 18.7 Å². The van der Waals surface area contributed by atoms with Crippen molar-refractivity contribution in [2.75, 3.05) is 18.4 Å². The lowest BCUT2D eigenvalue weighted by atomic mass is 10.1. The lowest BCUT2D eigenvalue weighted by molar-refractivity contribution is -0.138. The normalized spacial score (nSPS) is 15.8. The number of benzene rings is 1. The summed E-state index contributed by atoms with van der Waals surface area (Å²) < 4.78 is 38.5. The van der Waals surface area contributed by atoms with Gasteiger partial charge < -0.3 is 10.2 Å². The van der Waals surface area contributed by atoms with E-state index in [1.165, 1.54) is 24.0 Å². The van der Waals surface area contributed by atoms with Crippen LogP contribution in [0.2, 0.25) is 0 Å². The number of anilines is 1. The Morgan fingerprint density at radius 2 is 2.05 bits per heavy atom. The van der Waals surface area contributed by atoms with E-state index in [1.54, 1.807) is 0 Å². The van der Waals surface area contributed by atoms with Crippen LogP contribution in [0, 0.1) is 6.92 Å². The number of halogens is 3. The van der Waals surface area contributed by atoms with E-state index in [0.717, 1.165) is 18.9 Å². The zero-order valence-electron chi connectivity index (χ0n) is 12.2. The fraction of sp³-hybridized carbons (Fsp3) is 0.467. The van der Waals surface area contributed by atoms with E-state index >= 15 is 0 Å². The molecule has 0 aliphatic carbocycles. The fourth-order valence-electron chi connectivity index (χ4n) is 2.41. The second kappa shape index (κ2) is 6.37. The minimum atomic E-state index is -4.46. The molecular weight excluding hydrogens is 297 g/mol. The van der Waals surface area contributed by atoms with Crippen LogP contribution in [0.4, 0.5) is 18.9 Å². The van der Waals surface area contributed by atoms with Gasteiger partial charge in [-0.2, -0.15) is 13.2 Å². The Morgan fingerprint density at radius 3 is 2.68 bits per heavy atom. The lowest BCUT2D eigenvalue weighted by Gasteiger charge is -2.26. The van der Waals surface area contributed by atoms with Crippen LogP contribution in [0.5, 0.6) is 0 Å². The van der Waals surface area contributed by atoms with Gasteiger partial charge in [-0.1, -0.05) is 6.07 Å². The van der Waals surface area contributed by atoms with Crippen molar-refractivity contribution in [3.63, 3.8) is 0 Å². The SMILES string of the molecule is Cc1ccc(NC(=O)CN2CCCCC2=O)cc1C(F)(F)F. The Morgan fingerprint density at radius 1 is 1.32 bits per heavy atom. The number of alkyl halides is 3. The molecule has 2 rings (SSSR count). The van der Waals surface area contributed by atoms with Crippen molar-refractivity contribution >= 4 is 17.5 Å². The molecule has 2 amide bonds. The molecule has 7 heteroatoms. The number of nitrogens with one attached hydrogen (secondary N) is 1. The molecule has 0 radical (unpaired) electrons. The number of carbonyl (C=O) groups is 2. The highest BCUT2D eigenvalue weighted by Crippen LogP contribution is 2.33. The molecule has 0 unspecified atom stereocenters. The van der Waals surface area contributed by atoms with E-state index in [0.29, 0.717) is 13.0 Å². The third kappa shape index (κ3) is 3.99. The first-order valence-corrected chi connectivity index (χ1v) is 7.03. The fourth-order valence-corrected chi connectivity index (χ4v) is 2.41. The number of aryl methyl sites for hydroxylation is 1. The molecule has 1 aliphatic rings. The van der Waals surface area contributed by atoms with Crippen LogP contribution in [0.25, 0.3) is 0 Å². The Balaban J connectivity index is 2.04. The topological polar surface area (TPSA) is 49.4 Å². The summed E-state index contributed by atoms with van der Waals surface area (Å²) in [5, 5.41) is 2.42. The van der Waals surface area contributed by atoms with Crippen molar-refractivity contribution in [1.29, 1.82) is 0 Å². The molecule has 0 bridgehead atoms. The Kier molecular flexibility index (Phi) is 4.73. The van der Waals surface area contributed by atoms with Gasteiger partial charge in [0.2, 0.25) is 11.8 Å². The Bertz CT molecular complexity index is 585. The number of rotatable bonds is 3. The average molecular weight is 314 g/mol. The highest BCUT2D eigenvalue weighted by Gasteiger charge is 2.32. The minimum absolute atomic E-state index is 0.0763. The molecular formula is C15H17F3N2O2. The highest BCUT2D eigenvalue weighted by atomic mass is 19.4. The maximum absolute atomic E-state index is 12.8. The second-order valence-corrected chi connectivity index (χ2v) is 5.35. The standard InChI is InChI=1S/C15H17F3N2O2/c1-10-5-6-11(8-12(10)15(16,17)18)19-13(21)9-20-7-3-2-4-14(20)22/h5-6,8H,2-4,7,9H2,1H3,(H,19,21). The summed E-state index contributed by atoms with van der Waals surface area (Å²) >= 11 is 0. The van der Waals surface area contributed by atoms with Crippen LogP contribution in [-0.4, -0.2) is 29.8 Å². The number of hydrogen-bond acceptors (Lipinski definition) is 2. The molecule has 1 aromatic rings. The molecule has 0 saturated carbocycles. The molecule has 1 fully saturated rings. The summed E-state index contributed by atoms with van der Waals surface area (Å²) in [7, 11) is 0. The molecule has 0 atom stereocenters. The number of likely N-dealkylation sites (tertiary alicyclic amines) is 1. The molecule has 0 spiro atoms. The summed E-state index contributed by atoms with van der Waals surface area (Å²) in [5.41, 5.74) is -0.608.